The largest absolute Gasteiger partial charge is 0.408 e. The van der Waals surface area contributed by atoms with E-state index in [4.69, 9.17) is 4.55 Å². The summed E-state index contributed by atoms with van der Waals surface area (Å²) in [4.78, 5) is 1.88. The second kappa shape index (κ2) is 4.94. The zero-order valence-corrected chi connectivity index (χ0v) is 7.98. The first-order valence-corrected chi connectivity index (χ1v) is 5.12. The van der Waals surface area contributed by atoms with E-state index in [0.29, 0.717) is 24.3 Å². The monoisotopic (exact) mass is 201 g/mol. The molecule has 0 aromatic heterocycles. The summed E-state index contributed by atoms with van der Waals surface area (Å²) in [5.74, 6) is 0.493. The van der Waals surface area contributed by atoms with Gasteiger partial charge in [0.15, 0.2) is 0 Å². The topological polar surface area (TPSA) is 66.8 Å². The Kier molecular flexibility index (Phi) is 5.02. The first kappa shape index (κ1) is 11.2. The highest BCUT2D eigenvalue weighted by atomic mass is 32.3. The molecule has 68 valence electrons. The van der Waals surface area contributed by atoms with Crippen molar-refractivity contribution in [2.24, 2.45) is 0 Å². The molecule has 0 radical (unpaired) electrons. The lowest BCUT2D eigenvalue weighted by molar-refractivity contribution is 0.404. The first-order valence-electron chi connectivity index (χ1n) is 2.85. The summed E-state index contributed by atoms with van der Waals surface area (Å²) < 4.78 is 32.0. The van der Waals surface area contributed by atoms with E-state index in [2.05, 4.69) is 3.63 Å². The van der Waals surface area contributed by atoms with Gasteiger partial charge in [-0.3, -0.25) is 4.55 Å². The number of rotatable bonds is 5. The number of hydrogen-bond donors (Lipinski definition) is 1. The second-order valence-electron chi connectivity index (χ2n) is 2.12. The molecule has 0 aliphatic heterocycles. The van der Waals surface area contributed by atoms with Gasteiger partial charge in [-0.1, -0.05) is 0 Å². The van der Waals surface area contributed by atoms with Crippen molar-refractivity contribution in [3.8, 4) is 0 Å². The smallest absolute Gasteiger partial charge is 0.308 e. The molecular formula is C4H11NO4S2. The molecule has 0 atom stereocenters. The van der Waals surface area contributed by atoms with Crippen LogP contribution in [0.5, 0.6) is 0 Å². The summed E-state index contributed by atoms with van der Waals surface area (Å²) in [6.45, 7) is 0.695. The van der Waals surface area contributed by atoms with Crippen LogP contribution in [-0.4, -0.2) is 44.3 Å². The van der Waals surface area contributed by atoms with Crippen molar-refractivity contribution in [1.29, 1.82) is 0 Å². The minimum atomic E-state index is -4.28. The van der Waals surface area contributed by atoms with Crippen molar-refractivity contribution in [2.45, 2.75) is 0 Å². The number of hydrogen-bond acceptors (Lipinski definition) is 5. The fourth-order valence-corrected chi connectivity index (χ4v) is 1.51. The van der Waals surface area contributed by atoms with Crippen LogP contribution in [0.4, 0.5) is 0 Å². The lowest BCUT2D eigenvalue weighted by atomic mass is 10.7. The molecule has 0 amide bonds. The predicted molar refractivity (Wildman–Crippen MR) is 43.6 cm³/mol. The molecule has 11 heavy (non-hydrogen) atoms. The molecule has 0 heterocycles. The van der Waals surface area contributed by atoms with E-state index in [1.165, 1.54) is 0 Å². The van der Waals surface area contributed by atoms with Crippen LogP contribution >= 0.6 is 12.0 Å². The Balaban J connectivity index is 3.30. The first-order chi connectivity index (χ1) is 4.92. The van der Waals surface area contributed by atoms with Gasteiger partial charge in [0.2, 0.25) is 0 Å². The lowest BCUT2D eigenvalue weighted by Gasteiger charge is -2.06. The molecule has 0 aliphatic rings. The van der Waals surface area contributed by atoms with E-state index in [1.54, 1.807) is 0 Å². The maximum absolute atomic E-state index is 9.97. The molecule has 7 heteroatoms. The fourth-order valence-electron chi connectivity index (χ4n) is 0.315. The molecule has 0 aromatic rings. The second-order valence-corrected chi connectivity index (χ2v) is 4.16. The fraction of sp³-hybridized carbons (Fsp3) is 1.00. The van der Waals surface area contributed by atoms with Gasteiger partial charge in [-0.2, -0.15) is 12.0 Å². The maximum atomic E-state index is 9.97. The molecule has 0 rings (SSSR count). The predicted octanol–water partition coefficient (Wildman–Crippen LogP) is 0.0156. The van der Waals surface area contributed by atoms with Gasteiger partial charge in [0.1, 0.15) is 0 Å². The van der Waals surface area contributed by atoms with Gasteiger partial charge in [0.25, 0.3) is 0 Å². The Morgan fingerprint density at radius 1 is 1.55 bits per heavy atom. The molecule has 0 unspecified atom stereocenters. The van der Waals surface area contributed by atoms with E-state index >= 15 is 0 Å². The molecule has 1 N–H and O–H groups in total. The van der Waals surface area contributed by atoms with Gasteiger partial charge in [0, 0.05) is 24.3 Å². The highest BCUT2D eigenvalue weighted by molar-refractivity contribution is 8.02. The molecule has 5 nitrogen and oxygen atoms in total. The standard InChI is InChI=1S/C4H11NO4S2/c1-5(2)3-4-10-9-11(6,7)8/h3-4H2,1-2H3,(H,6,7,8). The molecule has 0 spiro atoms. The molecule has 0 saturated heterocycles. The summed E-state index contributed by atoms with van der Waals surface area (Å²) in [5.41, 5.74) is 0. The average molecular weight is 201 g/mol. The molecule has 0 aromatic carbocycles. The summed E-state index contributed by atoms with van der Waals surface area (Å²) in [7, 11) is -0.567. The molecule has 0 aliphatic carbocycles. The SMILES string of the molecule is CN(C)CCSOS(=O)(=O)O. The number of nitrogens with zero attached hydrogens (tertiary/aromatic N) is 1. The molecular weight excluding hydrogens is 190 g/mol. The van der Waals surface area contributed by atoms with Crippen LogP contribution in [0.3, 0.4) is 0 Å². The zero-order valence-electron chi connectivity index (χ0n) is 6.35. The third-order valence-corrected chi connectivity index (χ3v) is 2.18. The molecule has 0 fully saturated rings. The van der Waals surface area contributed by atoms with Crippen LogP contribution < -0.4 is 0 Å². The third kappa shape index (κ3) is 10.2. The van der Waals surface area contributed by atoms with Crippen molar-refractivity contribution in [3.05, 3.63) is 0 Å². The average Bonchev–Trinajstić information content (AvgIpc) is 1.78. The van der Waals surface area contributed by atoms with Gasteiger partial charge in [-0.15, -0.1) is 0 Å². The van der Waals surface area contributed by atoms with E-state index in [0.717, 1.165) is 0 Å². The van der Waals surface area contributed by atoms with Crippen molar-refractivity contribution in [2.75, 3.05) is 26.4 Å². The molecule has 0 saturated carbocycles. The van der Waals surface area contributed by atoms with Gasteiger partial charge in [-0.25, -0.2) is 0 Å². The van der Waals surface area contributed by atoms with Crippen LogP contribution in [0.1, 0.15) is 0 Å². The summed E-state index contributed by atoms with van der Waals surface area (Å²) in [6, 6.07) is 0. The van der Waals surface area contributed by atoms with Crippen LogP contribution in [0, 0.1) is 0 Å². The maximum Gasteiger partial charge on any atom is 0.408 e. The summed E-state index contributed by atoms with van der Waals surface area (Å²) in [5, 5.41) is 0. The van der Waals surface area contributed by atoms with Crippen molar-refractivity contribution in [3.63, 3.8) is 0 Å². The van der Waals surface area contributed by atoms with E-state index < -0.39 is 10.4 Å². The van der Waals surface area contributed by atoms with E-state index in [1.807, 2.05) is 19.0 Å². The Bertz CT molecular complexity index is 188. The van der Waals surface area contributed by atoms with Crippen molar-refractivity contribution < 1.29 is 16.6 Å². The van der Waals surface area contributed by atoms with Crippen molar-refractivity contribution in [1.82, 2.24) is 4.90 Å². The van der Waals surface area contributed by atoms with Crippen LogP contribution in [0.2, 0.25) is 0 Å². The quantitative estimate of drug-likeness (QED) is 0.384. The third-order valence-electron chi connectivity index (χ3n) is 0.756. The van der Waals surface area contributed by atoms with E-state index in [9.17, 15) is 8.42 Å². The lowest BCUT2D eigenvalue weighted by Crippen LogP contribution is -2.15. The van der Waals surface area contributed by atoms with Crippen LogP contribution in [0.25, 0.3) is 0 Å². The minimum absolute atomic E-state index is 0.493. The van der Waals surface area contributed by atoms with Gasteiger partial charge >= 0.3 is 10.4 Å². The normalized spacial score (nSPS) is 12.4. The highest BCUT2D eigenvalue weighted by Gasteiger charge is 2.04. The minimum Gasteiger partial charge on any atom is -0.308 e. The van der Waals surface area contributed by atoms with Crippen molar-refractivity contribution >= 4 is 22.4 Å². The zero-order chi connectivity index (χ0) is 8.91. The van der Waals surface area contributed by atoms with Gasteiger partial charge in [-0.05, 0) is 14.1 Å². The summed E-state index contributed by atoms with van der Waals surface area (Å²) >= 11 is 0.709. The van der Waals surface area contributed by atoms with E-state index in [-0.39, 0.29) is 0 Å². The van der Waals surface area contributed by atoms with Crippen LogP contribution in [-0.2, 0) is 14.0 Å². The Morgan fingerprint density at radius 3 is 2.45 bits per heavy atom. The Hall–Kier alpha value is 0.180. The molecule has 0 bridgehead atoms. The van der Waals surface area contributed by atoms with Crippen LogP contribution in [0.15, 0.2) is 0 Å². The Morgan fingerprint density at radius 2 is 2.09 bits per heavy atom. The highest BCUT2D eigenvalue weighted by Crippen LogP contribution is 2.05. The Labute approximate surface area is 70.9 Å². The van der Waals surface area contributed by atoms with Gasteiger partial charge < -0.3 is 4.90 Å². The van der Waals surface area contributed by atoms with Gasteiger partial charge in [0.05, 0.1) is 0 Å². The summed E-state index contributed by atoms with van der Waals surface area (Å²) in [6.07, 6.45) is 0.